The summed E-state index contributed by atoms with van der Waals surface area (Å²) >= 11 is 0. The molecular weight excluding hydrogens is 194 g/mol. The third kappa shape index (κ3) is 4.90. The van der Waals surface area contributed by atoms with Crippen molar-refractivity contribution in [2.75, 3.05) is 0 Å². The second kappa shape index (κ2) is 6.70. The van der Waals surface area contributed by atoms with Gasteiger partial charge in [0.1, 0.15) is 0 Å². The summed E-state index contributed by atoms with van der Waals surface area (Å²) in [4.78, 5) is 24.2. The van der Waals surface area contributed by atoms with Gasteiger partial charge in [0.25, 0.3) is 0 Å². The summed E-state index contributed by atoms with van der Waals surface area (Å²) in [6.07, 6.45) is 2.79. The Labute approximate surface area is 88.2 Å². The first-order valence-electron chi connectivity index (χ1n) is 4.89. The molecule has 4 nitrogen and oxygen atoms in total. The van der Waals surface area contributed by atoms with Crippen LogP contribution in [0.2, 0.25) is 0 Å². The molecule has 0 saturated carbocycles. The van der Waals surface area contributed by atoms with Gasteiger partial charge in [-0.1, -0.05) is 30.3 Å². The van der Waals surface area contributed by atoms with E-state index in [2.05, 4.69) is 10.2 Å². The molecular formula is C11H13NO3. The van der Waals surface area contributed by atoms with Gasteiger partial charge in [-0.25, -0.2) is 4.79 Å². The summed E-state index contributed by atoms with van der Waals surface area (Å²) in [5, 5.41) is 2.07. The minimum Gasteiger partial charge on any atom is -0.285 e. The second-order valence-corrected chi connectivity index (χ2v) is 3.23. The van der Waals surface area contributed by atoms with Gasteiger partial charge in [-0.2, -0.15) is 0 Å². The molecule has 0 fully saturated rings. The minimum atomic E-state index is -0.557. The van der Waals surface area contributed by atoms with Gasteiger partial charge < -0.3 is 0 Å². The number of benzene rings is 1. The first-order chi connectivity index (χ1) is 7.33. The standard InChI is InChI=1S/C11H13NO3/c13-11(15-12-14)9-5-4-8-10-6-2-1-3-7-10/h1-3,6-7H,4-5,8-9H2. The summed E-state index contributed by atoms with van der Waals surface area (Å²) in [5.74, 6) is -0.557. The van der Waals surface area contributed by atoms with E-state index >= 15 is 0 Å². The quantitative estimate of drug-likeness (QED) is 0.409. The Bertz CT molecular complexity index is 311. The lowest BCUT2D eigenvalue weighted by Gasteiger charge is -1.99. The summed E-state index contributed by atoms with van der Waals surface area (Å²) in [5.41, 5.74) is 1.25. The van der Waals surface area contributed by atoms with Gasteiger partial charge in [0.05, 0.1) is 0 Å². The predicted molar refractivity (Wildman–Crippen MR) is 55.9 cm³/mol. The molecule has 0 saturated heterocycles. The minimum absolute atomic E-state index is 0.249. The van der Waals surface area contributed by atoms with E-state index in [0.717, 1.165) is 12.8 Å². The third-order valence-electron chi connectivity index (χ3n) is 2.08. The summed E-state index contributed by atoms with van der Waals surface area (Å²) < 4.78 is 0. The molecule has 15 heavy (non-hydrogen) atoms. The molecule has 0 aromatic heterocycles. The number of rotatable bonds is 6. The molecule has 0 aliphatic heterocycles. The van der Waals surface area contributed by atoms with Crippen molar-refractivity contribution in [3.63, 3.8) is 0 Å². The van der Waals surface area contributed by atoms with E-state index in [0.29, 0.717) is 6.42 Å². The molecule has 0 amide bonds. The van der Waals surface area contributed by atoms with Crippen molar-refractivity contribution in [3.05, 3.63) is 40.8 Å². The average molecular weight is 207 g/mol. The third-order valence-corrected chi connectivity index (χ3v) is 2.08. The maximum Gasteiger partial charge on any atom is 0.338 e. The van der Waals surface area contributed by atoms with Gasteiger partial charge in [0, 0.05) is 6.42 Å². The lowest BCUT2D eigenvalue weighted by molar-refractivity contribution is -0.144. The molecule has 0 N–H and O–H groups in total. The van der Waals surface area contributed by atoms with E-state index < -0.39 is 5.97 Å². The van der Waals surface area contributed by atoms with E-state index in [4.69, 9.17) is 0 Å². The number of hydrogen-bond donors (Lipinski definition) is 0. The van der Waals surface area contributed by atoms with E-state index in [1.54, 1.807) is 0 Å². The molecule has 4 heteroatoms. The highest BCUT2D eigenvalue weighted by molar-refractivity contribution is 5.68. The van der Waals surface area contributed by atoms with Gasteiger partial charge in [0.15, 0.2) is 5.34 Å². The fourth-order valence-corrected chi connectivity index (χ4v) is 1.33. The zero-order chi connectivity index (χ0) is 10.9. The average Bonchev–Trinajstić information content (AvgIpc) is 2.26. The fourth-order valence-electron chi connectivity index (χ4n) is 1.33. The van der Waals surface area contributed by atoms with Crippen molar-refractivity contribution >= 4 is 5.97 Å². The Kier molecular flexibility index (Phi) is 5.08. The molecule has 0 bridgehead atoms. The van der Waals surface area contributed by atoms with E-state index in [1.165, 1.54) is 5.56 Å². The molecule has 0 aliphatic rings. The zero-order valence-electron chi connectivity index (χ0n) is 8.39. The Morgan fingerprint density at radius 3 is 2.60 bits per heavy atom. The molecule has 1 rings (SSSR count). The van der Waals surface area contributed by atoms with Crippen LogP contribution in [-0.2, 0) is 16.1 Å². The Morgan fingerprint density at radius 1 is 1.20 bits per heavy atom. The first kappa shape index (κ1) is 11.4. The van der Waals surface area contributed by atoms with Crippen molar-refractivity contribution in [2.45, 2.75) is 25.7 Å². The highest BCUT2D eigenvalue weighted by Gasteiger charge is 2.02. The van der Waals surface area contributed by atoms with E-state index in [-0.39, 0.29) is 6.42 Å². The highest BCUT2D eigenvalue weighted by Crippen LogP contribution is 2.06. The molecule has 0 aliphatic carbocycles. The fraction of sp³-hybridized carbons (Fsp3) is 0.364. The number of carbonyl (C=O) groups is 1. The van der Waals surface area contributed by atoms with E-state index in [9.17, 15) is 9.70 Å². The number of carbonyl (C=O) groups excluding carboxylic acids is 1. The van der Waals surface area contributed by atoms with Crippen LogP contribution in [0.1, 0.15) is 24.8 Å². The van der Waals surface area contributed by atoms with E-state index in [1.807, 2.05) is 30.3 Å². The lowest BCUT2D eigenvalue weighted by atomic mass is 10.1. The van der Waals surface area contributed by atoms with Crippen LogP contribution in [0, 0.1) is 4.91 Å². The Balaban J connectivity index is 2.12. The molecule has 0 spiro atoms. The number of hydrogen-bond acceptors (Lipinski definition) is 4. The molecule has 1 aromatic rings. The van der Waals surface area contributed by atoms with Crippen molar-refractivity contribution in [1.82, 2.24) is 0 Å². The van der Waals surface area contributed by atoms with Crippen molar-refractivity contribution in [2.24, 2.45) is 5.34 Å². The molecule has 1 aromatic carbocycles. The maximum atomic E-state index is 10.7. The van der Waals surface area contributed by atoms with Gasteiger partial charge in [-0.05, 0) is 24.8 Å². The predicted octanol–water partition coefficient (Wildman–Crippen LogP) is 2.62. The van der Waals surface area contributed by atoms with Crippen molar-refractivity contribution < 1.29 is 9.63 Å². The van der Waals surface area contributed by atoms with Crippen LogP contribution in [0.4, 0.5) is 0 Å². The smallest absolute Gasteiger partial charge is 0.285 e. The largest absolute Gasteiger partial charge is 0.338 e. The number of unbranched alkanes of at least 4 members (excludes halogenated alkanes) is 1. The Hall–Kier alpha value is -1.71. The number of nitrogens with zero attached hydrogens (tertiary/aromatic N) is 1. The molecule has 0 radical (unpaired) electrons. The molecule has 0 unspecified atom stereocenters. The summed E-state index contributed by atoms with van der Waals surface area (Å²) in [6, 6.07) is 10.0. The SMILES string of the molecule is O=NOC(=O)CCCCc1ccccc1. The van der Waals surface area contributed by atoms with Crippen LogP contribution in [0.25, 0.3) is 0 Å². The van der Waals surface area contributed by atoms with Crippen LogP contribution < -0.4 is 0 Å². The zero-order valence-corrected chi connectivity index (χ0v) is 8.39. The molecule has 0 atom stereocenters. The van der Waals surface area contributed by atoms with Crippen LogP contribution >= 0.6 is 0 Å². The monoisotopic (exact) mass is 207 g/mol. The summed E-state index contributed by atoms with van der Waals surface area (Å²) in [7, 11) is 0. The van der Waals surface area contributed by atoms with Gasteiger partial charge in [-0.15, -0.1) is 4.91 Å². The van der Waals surface area contributed by atoms with Crippen LogP contribution in [0.5, 0.6) is 0 Å². The van der Waals surface area contributed by atoms with Gasteiger partial charge in [0.2, 0.25) is 0 Å². The molecule has 0 heterocycles. The van der Waals surface area contributed by atoms with Crippen molar-refractivity contribution in [1.29, 1.82) is 0 Å². The van der Waals surface area contributed by atoms with Crippen LogP contribution in [0.3, 0.4) is 0 Å². The number of aryl methyl sites for hydroxylation is 1. The van der Waals surface area contributed by atoms with Crippen LogP contribution in [0.15, 0.2) is 35.7 Å². The second-order valence-electron chi connectivity index (χ2n) is 3.23. The Morgan fingerprint density at radius 2 is 1.93 bits per heavy atom. The van der Waals surface area contributed by atoms with Gasteiger partial charge >= 0.3 is 5.97 Å². The maximum absolute atomic E-state index is 10.7. The topological polar surface area (TPSA) is 55.7 Å². The van der Waals surface area contributed by atoms with Crippen molar-refractivity contribution in [3.8, 4) is 0 Å². The summed E-state index contributed by atoms with van der Waals surface area (Å²) in [6.45, 7) is 0. The first-order valence-corrected chi connectivity index (χ1v) is 4.89. The normalized spacial score (nSPS) is 9.60. The lowest BCUT2D eigenvalue weighted by Crippen LogP contribution is -1.98. The van der Waals surface area contributed by atoms with Gasteiger partial charge in [-0.3, -0.25) is 4.84 Å². The highest BCUT2D eigenvalue weighted by atomic mass is 16.7. The van der Waals surface area contributed by atoms with Crippen LogP contribution in [-0.4, -0.2) is 5.97 Å². The molecule has 80 valence electrons.